The van der Waals surface area contributed by atoms with Gasteiger partial charge in [0.1, 0.15) is 0 Å². The molecule has 19 heavy (non-hydrogen) atoms. The first-order valence-electron chi connectivity index (χ1n) is 5.88. The molecule has 0 spiro atoms. The van der Waals surface area contributed by atoms with Crippen LogP contribution in [-0.2, 0) is 9.84 Å². The van der Waals surface area contributed by atoms with Crippen molar-refractivity contribution >= 4 is 27.1 Å². The highest BCUT2D eigenvalue weighted by molar-refractivity contribution is 7.91. The van der Waals surface area contributed by atoms with Gasteiger partial charge >= 0.3 is 0 Å². The van der Waals surface area contributed by atoms with E-state index in [2.05, 4.69) is 5.32 Å². The van der Waals surface area contributed by atoms with Crippen LogP contribution in [0.1, 0.15) is 23.7 Å². The van der Waals surface area contributed by atoms with Crippen LogP contribution in [0.3, 0.4) is 0 Å². The van der Waals surface area contributed by atoms with E-state index in [1.54, 1.807) is 13.0 Å². The van der Waals surface area contributed by atoms with Gasteiger partial charge in [-0.05, 0) is 31.5 Å². The predicted molar refractivity (Wildman–Crippen MR) is 74.4 cm³/mol. The fourth-order valence-electron chi connectivity index (χ4n) is 2.26. The molecule has 1 aliphatic rings. The number of carbonyl (C=O) groups excluding carboxylic acids is 1. The Morgan fingerprint density at radius 3 is 2.32 bits per heavy atom. The second kappa shape index (κ2) is 4.41. The normalized spacial score (nSPS) is 25.1. The van der Waals surface area contributed by atoms with Gasteiger partial charge in [0, 0.05) is 16.9 Å². The highest BCUT2D eigenvalue weighted by Gasteiger charge is 2.39. The number of rotatable bonds is 2. The SMILES string of the molecule is CC1(NC(=O)c2cc(N)cc(N)c2)CCS(=O)(=O)C1. The van der Waals surface area contributed by atoms with Crippen LogP contribution >= 0.6 is 0 Å². The van der Waals surface area contributed by atoms with E-state index >= 15 is 0 Å². The molecule has 6 nitrogen and oxygen atoms in total. The van der Waals surface area contributed by atoms with Gasteiger partial charge in [-0.3, -0.25) is 4.79 Å². The maximum absolute atomic E-state index is 12.1. The Bertz CT molecular complexity index is 607. The first-order chi connectivity index (χ1) is 8.69. The van der Waals surface area contributed by atoms with Gasteiger partial charge in [-0.2, -0.15) is 0 Å². The summed E-state index contributed by atoms with van der Waals surface area (Å²) in [6.07, 6.45) is 0.416. The minimum Gasteiger partial charge on any atom is -0.399 e. The molecule has 1 aromatic rings. The molecule has 0 bridgehead atoms. The number of hydrogen-bond donors (Lipinski definition) is 3. The third-order valence-corrected chi connectivity index (χ3v) is 5.06. The number of hydrogen-bond acceptors (Lipinski definition) is 5. The van der Waals surface area contributed by atoms with E-state index in [0.717, 1.165) is 0 Å². The number of anilines is 2. The molecule has 1 aromatic carbocycles. The molecule has 104 valence electrons. The van der Waals surface area contributed by atoms with Crippen molar-refractivity contribution in [3.8, 4) is 0 Å². The Kier molecular flexibility index (Phi) is 3.17. The summed E-state index contributed by atoms with van der Waals surface area (Å²) in [6, 6.07) is 4.58. The van der Waals surface area contributed by atoms with E-state index in [0.29, 0.717) is 23.4 Å². The molecular formula is C12H17N3O3S. The van der Waals surface area contributed by atoms with E-state index in [4.69, 9.17) is 11.5 Å². The molecule has 1 heterocycles. The molecule has 2 rings (SSSR count). The molecule has 1 saturated heterocycles. The quantitative estimate of drug-likeness (QED) is 0.669. The summed E-state index contributed by atoms with van der Waals surface area (Å²) in [7, 11) is -3.06. The first-order valence-corrected chi connectivity index (χ1v) is 7.70. The summed E-state index contributed by atoms with van der Waals surface area (Å²) in [4.78, 5) is 12.1. The van der Waals surface area contributed by atoms with Crippen molar-refractivity contribution in [3.63, 3.8) is 0 Å². The maximum atomic E-state index is 12.1. The van der Waals surface area contributed by atoms with Crippen LogP contribution in [0.25, 0.3) is 0 Å². The third-order valence-electron chi connectivity index (χ3n) is 3.16. The lowest BCUT2D eigenvalue weighted by molar-refractivity contribution is 0.0915. The highest BCUT2D eigenvalue weighted by atomic mass is 32.2. The zero-order chi connectivity index (χ0) is 14.3. The Morgan fingerprint density at radius 2 is 1.84 bits per heavy atom. The zero-order valence-electron chi connectivity index (χ0n) is 10.6. The number of carbonyl (C=O) groups is 1. The van der Waals surface area contributed by atoms with Gasteiger partial charge in [0.25, 0.3) is 5.91 Å². The lowest BCUT2D eigenvalue weighted by Crippen LogP contribution is -2.46. The van der Waals surface area contributed by atoms with Crippen molar-refractivity contribution in [2.75, 3.05) is 23.0 Å². The van der Waals surface area contributed by atoms with E-state index in [1.165, 1.54) is 12.1 Å². The van der Waals surface area contributed by atoms with Crippen molar-refractivity contribution < 1.29 is 13.2 Å². The molecule has 5 N–H and O–H groups in total. The number of sulfone groups is 1. The molecule has 0 saturated carbocycles. The third kappa shape index (κ3) is 3.17. The summed E-state index contributed by atoms with van der Waals surface area (Å²) < 4.78 is 23.0. The van der Waals surface area contributed by atoms with Crippen molar-refractivity contribution in [2.45, 2.75) is 18.9 Å². The lowest BCUT2D eigenvalue weighted by Gasteiger charge is -2.24. The second-order valence-electron chi connectivity index (χ2n) is 5.25. The van der Waals surface area contributed by atoms with Gasteiger partial charge in [-0.15, -0.1) is 0 Å². The van der Waals surface area contributed by atoms with Gasteiger partial charge < -0.3 is 16.8 Å². The van der Waals surface area contributed by atoms with Crippen molar-refractivity contribution in [3.05, 3.63) is 23.8 Å². The smallest absolute Gasteiger partial charge is 0.251 e. The number of nitrogens with one attached hydrogen (secondary N) is 1. The monoisotopic (exact) mass is 283 g/mol. The van der Waals surface area contributed by atoms with E-state index in [1.807, 2.05) is 0 Å². The Balaban J connectivity index is 2.18. The average molecular weight is 283 g/mol. The van der Waals surface area contributed by atoms with Gasteiger partial charge in [-0.25, -0.2) is 8.42 Å². The molecule has 1 fully saturated rings. The Morgan fingerprint density at radius 1 is 1.26 bits per heavy atom. The molecule has 0 aromatic heterocycles. The van der Waals surface area contributed by atoms with Crippen LogP contribution in [0.5, 0.6) is 0 Å². The largest absolute Gasteiger partial charge is 0.399 e. The molecular weight excluding hydrogens is 266 g/mol. The van der Waals surface area contributed by atoms with Gasteiger partial charge in [0.15, 0.2) is 9.84 Å². The van der Waals surface area contributed by atoms with Gasteiger partial charge in [-0.1, -0.05) is 0 Å². The topological polar surface area (TPSA) is 115 Å². The van der Waals surface area contributed by atoms with Crippen molar-refractivity contribution in [2.24, 2.45) is 0 Å². The first kappa shape index (κ1) is 13.7. The summed E-state index contributed by atoms with van der Waals surface area (Å²) in [6.45, 7) is 1.73. The Hall–Kier alpha value is -1.76. The molecule has 1 amide bonds. The van der Waals surface area contributed by atoms with Crippen LogP contribution in [0, 0.1) is 0 Å². The second-order valence-corrected chi connectivity index (χ2v) is 7.43. The zero-order valence-corrected chi connectivity index (χ0v) is 11.5. The van der Waals surface area contributed by atoms with Gasteiger partial charge in [0.05, 0.1) is 17.0 Å². The maximum Gasteiger partial charge on any atom is 0.251 e. The number of nitrogen functional groups attached to an aromatic ring is 2. The fourth-order valence-corrected chi connectivity index (χ4v) is 4.36. The number of amides is 1. The van der Waals surface area contributed by atoms with Crippen LogP contribution in [0.4, 0.5) is 11.4 Å². The van der Waals surface area contributed by atoms with E-state index < -0.39 is 15.4 Å². The van der Waals surface area contributed by atoms with Crippen molar-refractivity contribution in [1.29, 1.82) is 0 Å². The fraction of sp³-hybridized carbons (Fsp3) is 0.417. The van der Waals surface area contributed by atoms with E-state index in [-0.39, 0.29) is 17.4 Å². The molecule has 0 aliphatic carbocycles. The van der Waals surface area contributed by atoms with Crippen LogP contribution < -0.4 is 16.8 Å². The summed E-state index contributed by atoms with van der Waals surface area (Å²) in [5.41, 5.74) is 11.7. The molecule has 1 atom stereocenters. The number of benzene rings is 1. The highest BCUT2D eigenvalue weighted by Crippen LogP contribution is 2.24. The minimum atomic E-state index is -3.06. The van der Waals surface area contributed by atoms with Gasteiger partial charge in [0.2, 0.25) is 0 Å². The molecule has 7 heteroatoms. The summed E-state index contributed by atoms with van der Waals surface area (Å²) >= 11 is 0. The van der Waals surface area contributed by atoms with Crippen LogP contribution in [0.2, 0.25) is 0 Å². The number of nitrogens with two attached hydrogens (primary N) is 2. The molecule has 1 unspecified atom stereocenters. The summed E-state index contributed by atoms with van der Waals surface area (Å²) in [5.74, 6) is -0.301. The van der Waals surface area contributed by atoms with Crippen molar-refractivity contribution in [1.82, 2.24) is 5.32 Å². The standard InChI is InChI=1S/C12H17N3O3S/c1-12(2-3-19(17,18)7-12)15-11(16)8-4-9(13)6-10(14)5-8/h4-6H,2-3,7,13-14H2,1H3,(H,15,16). The van der Waals surface area contributed by atoms with E-state index in [9.17, 15) is 13.2 Å². The predicted octanol–water partition coefficient (Wildman–Crippen LogP) is 0.158. The average Bonchev–Trinajstić information content (AvgIpc) is 2.51. The lowest BCUT2D eigenvalue weighted by atomic mass is 10.0. The summed E-state index contributed by atoms with van der Waals surface area (Å²) in [5, 5.41) is 2.75. The Labute approximate surface area is 112 Å². The molecule has 0 radical (unpaired) electrons. The van der Waals surface area contributed by atoms with Crippen LogP contribution in [0.15, 0.2) is 18.2 Å². The van der Waals surface area contributed by atoms with Crippen LogP contribution in [-0.4, -0.2) is 31.4 Å². The molecule has 1 aliphatic heterocycles. The minimum absolute atomic E-state index is 0.0382.